The van der Waals surface area contributed by atoms with E-state index < -0.39 is 0 Å². The van der Waals surface area contributed by atoms with Gasteiger partial charge >= 0.3 is 0 Å². The van der Waals surface area contributed by atoms with Crippen LogP contribution in [0.4, 0.5) is 4.39 Å². The Kier molecular flexibility index (Phi) is 7.72. The van der Waals surface area contributed by atoms with Crippen LogP contribution in [-0.4, -0.2) is 64.1 Å². The Labute approximate surface area is 211 Å². The minimum atomic E-state index is -0.329. The number of carbonyl (C=O) groups excluding carboxylic acids is 1. The highest BCUT2D eigenvalue weighted by Crippen LogP contribution is 2.29. The van der Waals surface area contributed by atoms with Crippen molar-refractivity contribution >= 4 is 5.91 Å². The van der Waals surface area contributed by atoms with E-state index in [1.807, 2.05) is 13.0 Å². The lowest BCUT2D eigenvalue weighted by Gasteiger charge is -2.37. The molecule has 0 saturated carbocycles. The van der Waals surface area contributed by atoms with Crippen LogP contribution in [-0.2, 0) is 11.3 Å². The second-order valence-electron chi connectivity index (χ2n) is 10.0. The van der Waals surface area contributed by atoms with Crippen LogP contribution in [0, 0.1) is 5.82 Å². The fourth-order valence-corrected chi connectivity index (χ4v) is 5.27. The van der Waals surface area contributed by atoms with E-state index in [-0.39, 0.29) is 29.7 Å². The summed E-state index contributed by atoms with van der Waals surface area (Å²) < 4.78 is 19.1. The molecule has 8 heteroatoms. The highest BCUT2D eigenvalue weighted by atomic mass is 19.1. The van der Waals surface area contributed by atoms with E-state index in [9.17, 15) is 9.18 Å². The lowest BCUT2D eigenvalue weighted by Crippen LogP contribution is -2.52. The van der Waals surface area contributed by atoms with Crippen LogP contribution in [0.3, 0.4) is 0 Å². The summed E-state index contributed by atoms with van der Waals surface area (Å²) in [5.74, 6) is 0.765. The third kappa shape index (κ3) is 5.99. The van der Waals surface area contributed by atoms with Gasteiger partial charge in [0.2, 0.25) is 17.6 Å². The van der Waals surface area contributed by atoms with Gasteiger partial charge in [-0.05, 0) is 56.8 Å². The zero-order valence-electron chi connectivity index (χ0n) is 20.8. The molecule has 2 fully saturated rings. The maximum atomic E-state index is 13.6. The summed E-state index contributed by atoms with van der Waals surface area (Å²) in [7, 11) is 0. The van der Waals surface area contributed by atoms with Crippen molar-refractivity contribution in [2.75, 3.05) is 26.2 Å². The van der Waals surface area contributed by atoms with Gasteiger partial charge < -0.3 is 9.84 Å². The highest BCUT2D eigenvalue weighted by Gasteiger charge is 2.32. The van der Waals surface area contributed by atoms with Crippen molar-refractivity contribution in [3.63, 3.8) is 0 Å². The smallest absolute Gasteiger partial charge is 0.237 e. The summed E-state index contributed by atoms with van der Waals surface area (Å²) in [5.41, 5.74) is 1.93. The number of likely N-dealkylation sites (tertiary alicyclic amines) is 2. The summed E-state index contributed by atoms with van der Waals surface area (Å²) in [5, 5.41) is 7.35. The average Bonchev–Trinajstić information content (AvgIpc) is 3.41. The van der Waals surface area contributed by atoms with Crippen LogP contribution in [0.5, 0.6) is 0 Å². The summed E-state index contributed by atoms with van der Waals surface area (Å²) >= 11 is 0. The number of nitrogens with zero attached hydrogens (tertiary/aromatic N) is 4. The molecule has 0 spiro atoms. The molecule has 36 heavy (non-hydrogen) atoms. The van der Waals surface area contributed by atoms with Crippen molar-refractivity contribution in [2.45, 2.75) is 57.2 Å². The van der Waals surface area contributed by atoms with E-state index in [1.54, 1.807) is 12.1 Å². The number of halogens is 1. The van der Waals surface area contributed by atoms with E-state index in [1.165, 1.54) is 17.7 Å². The van der Waals surface area contributed by atoms with Gasteiger partial charge in [-0.2, -0.15) is 4.98 Å². The number of aromatic nitrogens is 2. The van der Waals surface area contributed by atoms with Crippen LogP contribution < -0.4 is 5.32 Å². The van der Waals surface area contributed by atoms with Crippen LogP contribution in [0.1, 0.15) is 50.0 Å². The summed E-state index contributed by atoms with van der Waals surface area (Å²) in [6.07, 6.45) is 3.82. The fourth-order valence-electron chi connectivity index (χ4n) is 5.27. The third-order valence-electron chi connectivity index (χ3n) is 7.44. The van der Waals surface area contributed by atoms with Gasteiger partial charge in [0.05, 0.1) is 12.0 Å². The zero-order chi connectivity index (χ0) is 24.9. The van der Waals surface area contributed by atoms with Crippen LogP contribution in [0.15, 0.2) is 59.1 Å². The molecular weight excluding hydrogens is 457 g/mol. The van der Waals surface area contributed by atoms with Gasteiger partial charge in [0.15, 0.2) is 0 Å². The summed E-state index contributed by atoms with van der Waals surface area (Å²) in [6.45, 7) is 6.48. The molecule has 0 aliphatic carbocycles. The van der Waals surface area contributed by atoms with Gasteiger partial charge in [-0.25, -0.2) is 4.39 Å². The number of amides is 1. The number of hydrogen-bond acceptors (Lipinski definition) is 6. The molecule has 1 aromatic heterocycles. The molecule has 2 unspecified atom stereocenters. The first-order valence-corrected chi connectivity index (χ1v) is 13.0. The molecule has 7 nitrogen and oxygen atoms in total. The molecule has 0 radical (unpaired) electrons. The van der Waals surface area contributed by atoms with Crippen molar-refractivity contribution in [3.05, 3.63) is 71.9 Å². The lowest BCUT2D eigenvalue weighted by molar-refractivity contribution is -0.127. The first kappa shape index (κ1) is 24.6. The molecule has 1 N–H and O–H groups in total. The molecule has 1 amide bonds. The molecule has 0 bridgehead atoms. The van der Waals surface area contributed by atoms with Crippen molar-refractivity contribution in [2.24, 2.45) is 0 Å². The molecule has 190 valence electrons. The maximum absolute atomic E-state index is 13.6. The van der Waals surface area contributed by atoms with Gasteiger partial charge in [0, 0.05) is 37.8 Å². The second-order valence-corrected chi connectivity index (χ2v) is 10.0. The lowest BCUT2D eigenvalue weighted by atomic mass is 9.96. The predicted octanol–water partition coefficient (Wildman–Crippen LogP) is 4.22. The number of benzene rings is 2. The van der Waals surface area contributed by atoms with E-state index in [0.717, 1.165) is 51.9 Å². The average molecular weight is 492 g/mol. The van der Waals surface area contributed by atoms with E-state index in [4.69, 9.17) is 4.52 Å². The Balaban J connectivity index is 1.12. The largest absolute Gasteiger partial charge is 0.352 e. The van der Waals surface area contributed by atoms with Gasteiger partial charge in [-0.3, -0.25) is 14.6 Å². The minimum Gasteiger partial charge on any atom is -0.352 e. The Morgan fingerprint density at radius 3 is 2.69 bits per heavy atom. The van der Waals surface area contributed by atoms with E-state index in [2.05, 4.69) is 49.5 Å². The SMILES string of the molecule is CC(C(=O)NC1CCN(Cc2ccccc2)CC1)N1CCCC(c2nc(-c3cccc(F)c3)no2)C1. The van der Waals surface area contributed by atoms with E-state index in [0.29, 0.717) is 23.8 Å². The van der Waals surface area contributed by atoms with Gasteiger partial charge in [0.25, 0.3) is 0 Å². The molecule has 2 aliphatic heterocycles. The highest BCUT2D eigenvalue weighted by molar-refractivity contribution is 5.81. The standard InChI is InChI=1S/C28H34FN5O2/c1-20(27(35)30-25-12-15-33(16-13-25)18-21-7-3-2-4-8-21)34-14-6-10-23(19-34)28-31-26(32-36-28)22-9-5-11-24(29)17-22/h2-5,7-9,11,17,20,23,25H,6,10,12-16,18-19H2,1H3,(H,30,35). The summed E-state index contributed by atoms with van der Waals surface area (Å²) in [4.78, 5) is 22.3. The van der Waals surface area contributed by atoms with Gasteiger partial charge in [-0.15, -0.1) is 0 Å². The van der Waals surface area contributed by atoms with Crippen LogP contribution in [0.25, 0.3) is 11.4 Å². The minimum absolute atomic E-state index is 0.0602. The van der Waals surface area contributed by atoms with Crippen molar-refractivity contribution < 1.29 is 13.7 Å². The molecule has 2 aromatic carbocycles. The van der Waals surface area contributed by atoms with E-state index >= 15 is 0 Å². The number of rotatable bonds is 7. The molecule has 5 rings (SSSR count). The maximum Gasteiger partial charge on any atom is 0.237 e. The van der Waals surface area contributed by atoms with Crippen molar-refractivity contribution in [3.8, 4) is 11.4 Å². The Morgan fingerprint density at radius 1 is 1.11 bits per heavy atom. The number of piperidine rings is 2. The zero-order valence-corrected chi connectivity index (χ0v) is 20.8. The Bertz CT molecular complexity index is 1150. The summed E-state index contributed by atoms with van der Waals surface area (Å²) in [6, 6.07) is 16.7. The number of nitrogens with one attached hydrogen (secondary N) is 1. The Morgan fingerprint density at radius 2 is 1.92 bits per heavy atom. The monoisotopic (exact) mass is 491 g/mol. The predicted molar refractivity (Wildman–Crippen MR) is 136 cm³/mol. The van der Waals surface area contributed by atoms with Gasteiger partial charge in [-0.1, -0.05) is 47.6 Å². The molecule has 3 heterocycles. The fraction of sp³-hybridized carbons (Fsp3) is 0.464. The second kappa shape index (κ2) is 11.3. The van der Waals surface area contributed by atoms with Gasteiger partial charge in [0.1, 0.15) is 5.82 Å². The first-order chi connectivity index (χ1) is 17.5. The normalized spacial score (nSPS) is 20.8. The van der Waals surface area contributed by atoms with Crippen molar-refractivity contribution in [1.82, 2.24) is 25.3 Å². The molecule has 2 atom stereocenters. The topological polar surface area (TPSA) is 74.5 Å². The first-order valence-electron chi connectivity index (χ1n) is 13.0. The number of hydrogen-bond donors (Lipinski definition) is 1. The van der Waals surface area contributed by atoms with Crippen LogP contribution >= 0.6 is 0 Å². The van der Waals surface area contributed by atoms with Crippen molar-refractivity contribution in [1.29, 1.82) is 0 Å². The molecule has 3 aromatic rings. The quantitative estimate of drug-likeness (QED) is 0.533. The number of carbonyl (C=O) groups is 1. The third-order valence-corrected chi connectivity index (χ3v) is 7.44. The Hall–Kier alpha value is -3.10. The molecular formula is C28H34FN5O2. The molecule has 2 aliphatic rings. The molecule has 2 saturated heterocycles. The van der Waals surface area contributed by atoms with Crippen LogP contribution in [0.2, 0.25) is 0 Å².